The number of carbonyl (C=O) groups excluding carboxylic acids is 1. The first-order chi connectivity index (χ1) is 18.0. The maximum atomic E-state index is 15.8. The average molecular weight is 530 g/mol. The van der Waals surface area contributed by atoms with Crippen LogP contribution in [0.15, 0.2) is 89.7 Å². The molecule has 6 rings (SSSR count). The molecule has 1 saturated heterocycles. The number of benzene rings is 2. The predicted octanol–water partition coefficient (Wildman–Crippen LogP) is 5.63. The molecule has 1 fully saturated rings. The molecular weight excluding hydrogens is 502 g/mol. The van der Waals surface area contributed by atoms with E-state index in [1.54, 1.807) is 55.5 Å². The van der Waals surface area contributed by atoms with Crippen LogP contribution >= 0.6 is 0 Å². The molecule has 2 unspecified atom stereocenters. The molecule has 4 atom stereocenters. The molecular formula is C29H27F4NO4. The molecule has 0 saturated carbocycles. The van der Waals surface area contributed by atoms with Crippen molar-refractivity contribution in [3.63, 3.8) is 0 Å². The van der Waals surface area contributed by atoms with Crippen molar-refractivity contribution in [2.24, 2.45) is 0 Å². The lowest BCUT2D eigenvalue weighted by Crippen LogP contribution is -2.65. The van der Waals surface area contributed by atoms with E-state index in [0.29, 0.717) is 29.1 Å². The minimum Gasteiger partial charge on any atom is -0.497 e. The molecule has 1 heterocycles. The van der Waals surface area contributed by atoms with Crippen molar-refractivity contribution < 1.29 is 36.9 Å². The molecule has 0 radical (unpaired) electrons. The van der Waals surface area contributed by atoms with Gasteiger partial charge in [0.25, 0.3) is 0 Å². The lowest BCUT2D eigenvalue weighted by molar-refractivity contribution is -0.279. The van der Waals surface area contributed by atoms with Gasteiger partial charge in [-0.2, -0.15) is 13.2 Å². The number of alkyl halides is 4. The van der Waals surface area contributed by atoms with Crippen molar-refractivity contribution in [2.45, 2.75) is 49.2 Å². The maximum Gasteiger partial charge on any atom is 0.425 e. The number of ether oxygens (including phenoxy) is 2. The summed E-state index contributed by atoms with van der Waals surface area (Å²) in [6.07, 6.45) is -2.55. The van der Waals surface area contributed by atoms with E-state index in [0.717, 1.165) is 18.2 Å². The van der Waals surface area contributed by atoms with E-state index in [1.165, 1.54) is 12.0 Å². The first-order valence-electron chi connectivity index (χ1n) is 12.3. The van der Waals surface area contributed by atoms with Gasteiger partial charge in [-0.05, 0) is 60.8 Å². The van der Waals surface area contributed by atoms with Crippen LogP contribution in [0.3, 0.4) is 0 Å². The second-order valence-corrected chi connectivity index (χ2v) is 9.81. The molecule has 200 valence electrons. The number of hydrogen-bond donors (Lipinski definition) is 1. The second kappa shape index (κ2) is 9.31. The van der Waals surface area contributed by atoms with Crippen LogP contribution in [0.1, 0.15) is 31.2 Å². The fourth-order valence-corrected chi connectivity index (χ4v) is 5.26. The van der Waals surface area contributed by atoms with Gasteiger partial charge in [-0.1, -0.05) is 42.5 Å². The molecule has 3 aliphatic carbocycles. The van der Waals surface area contributed by atoms with Crippen molar-refractivity contribution in [1.29, 1.82) is 0 Å². The summed E-state index contributed by atoms with van der Waals surface area (Å²) in [5.41, 5.74) is -6.40. The van der Waals surface area contributed by atoms with E-state index >= 15 is 4.39 Å². The van der Waals surface area contributed by atoms with E-state index in [2.05, 4.69) is 0 Å². The lowest BCUT2D eigenvalue weighted by atomic mass is 9.67. The van der Waals surface area contributed by atoms with Gasteiger partial charge in [0, 0.05) is 11.8 Å². The molecule has 5 nitrogen and oxygen atoms in total. The number of allylic oxidation sites excluding steroid dienone is 1. The van der Waals surface area contributed by atoms with Crippen molar-refractivity contribution in [3.8, 4) is 11.5 Å². The molecule has 1 amide bonds. The summed E-state index contributed by atoms with van der Waals surface area (Å²) in [4.78, 5) is 15.2. The smallest absolute Gasteiger partial charge is 0.425 e. The van der Waals surface area contributed by atoms with E-state index in [-0.39, 0.29) is 18.7 Å². The highest BCUT2D eigenvalue weighted by Gasteiger charge is 2.73. The topological polar surface area (TPSA) is 59.0 Å². The van der Waals surface area contributed by atoms with Gasteiger partial charge in [0.1, 0.15) is 17.6 Å². The minimum absolute atomic E-state index is 0.0171. The molecule has 38 heavy (non-hydrogen) atoms. The van der Waals surface area contributed by atoms with Gasteiger partial charge in [0.05, 0.1) is 19.6 Å². The summed E-state index contributed by atoms with van der Waals surface area (Å²) in [6.45, 7) is 1.67. The van der Waals surface area contributed by atoms with Crippen molar-refractivity contribution in [3.05, 3.63) is 95.2 Å². The van der Waals surface area contributed by atoms with Crippen LogP contribution in [0.5, 0.6) is 11.5 Å². The zero-order chi connectivity index (χ0) is 27.3. The molecule has 9 heteroatoms. The number of nitrogens with zero attached hydrogens (tertiary/aromatic N) is 1. The number of halogens is 4. The third kappa shape index (κ3) is 4.18. The van der Waals surface area contributed by atoms with E-state index in [1.807, 2.05) is 6.07 Å². The Morgan fingerprint density at radius 3 is 2.50 bits per heavy atom. The van der Waals surface area contributed by atoms with Crippen molar-refractivity contribution in [2.75, 3.05) is 13.7 Å². The Hall–Kier alpha value is -3.59. The van der Waals surface area contributed by atoms with Gasteiger partial charge in [-0.3, -0.25) is 4.79 Å². The predicted molar refractivity (Wildman–Crippen MR) is 132 cm³/mol. The first-order valence-corrected chi connectivity index (χ1v) is 12.3. The molecule has 1 aliphatic heterocycles. The van der Waals surface area contributed by atoms with Gasteiger partial charge in [-0.15, -0.1) is 0 Å². The third-order valence-corrected chi connectivity index (χ3v) is 7.45. The number of aliphatic hydroxyl groups is 1. The summed E-state index contributed by atoms with van der Waals surface area (Å²) in [7, 11) is 1.53. The molecule has 0 spiro atoms. The van der Waals surface area contributed by atoms with E-state index < -0.39 is 40.9 Å². The highest BCUT2D eigenvalue weighted by molar-refractivity contribution is 5.86. The largest absolute Gasteiger partial charge is 0.497 e. The molecule has 1 N–H and O–H groups in total. The van der Waals surface area contributed by atoms with E-state index in [9.17, 15) is 23.1 Å². The molecule has 0 aromatic heterocycles. The van der Waals surface area contributed by atoms with Crippen LogP contribution in [0.2, 0.25) is 0 Å². The van der Waals surface area contributed by atoms with Gasteiger partial charge in [0.15, 0.2) is 5.67 Å². The summed E-state index contributed by atoms with van der Waals surface area (Å²) >= 11 is 0. The van der Waals surface area contributed by atoms with Gasteiger partial charge in [0.2, 0.25) is 11.5 Å². The van der Waals surface area contributed by atoms with Crippen molar-refractivity contribution >= 4 is 5.91 Å². The summed E-state index contributed by atoms with van der Waals surface area (Å²) in [5, 5.41) is 10.5. The standard InChI is InChI=1S/C29H27F4NO4/c1-18(19-7-4-3-5-8-19)26(35)34-17-24(38-23-10-6-9-22(14-23)37-2)12-11-20-13-21-15-27(30,16-25(20)34)28(21,36)29(31,32)33/h3-10,13-16,18,24,36H,11-12,17H2,1-2H3/t18-,24+,27?,28?/m1/s1. The average Bonchev–Trinajstić information content (AvgIpc) is 3.20. The SMILES string of the molecule is COc1cccc(O[C@H]2CCC3=CC4=CC(F)(C=C3N(C(=O)[C@H](C)c3ccccc3)C2)C4(O)C(F)(F)F)c1. The van der Waals surface area contributed by atoms with Gasteiger partial charge >= 0.3 is 6.18 Å². The molecule has 2 bridgehead atoms. The fraction of sp³-hybridized carbons (Fsp3) is 0.345. The Kier molecular flexibility index (Phi) is 6.38. The summed E-state index contributed by atoms with van der Waals surface area (Å²) in [6, 6.07) is 15.9. The highest BCUT2D eigenvalue weighted by atomic mass is 19.4. The van der Waals surface area contributed by atoms with E-state index in [4.69, 9.17) is 9.47 Å². The number of likely N-dealkylation sites (tertiary alicyclic amines) is 1. The Balaban J connectivity index is 1.55. The Morgan fingerprint density at radius 1 is 1.11 bits per heavy atom. The van der Waals surface area contributed by atoms with Crippen LogP contribution in [0.25, 0.3) is 0 Å². The Bertz CT molecular complexity index is 1340. The fourth-order valence-electron chi connectivity index (χ4n) is 5.26. The van der Waals surface area contributed by atoms with Gasteiger partial charge in [-0.25, -0.2) is 4.39 Å². The van der Waals surface area contributed by atoms with Crippen LogP contribution < -0.4 is 9.47 Å². The van der Waals surface area contributed by atoms with Crippen LogP contribution in [0, 0.1) is 0 Å². The normalized spacial score (nSPS) is 27.4. The summed E-state index contributed by atoms with van der Waals surface area (Å²) in [5.74, 6) is -0.00404. The molecule has 2 aromatic carbocycles. The first kappa shape index (κ1) is 26.0. The van der Waals surface area contributed by atoms with Crippen molar-refractivity contribution in [1.82, 2.24) is 4.90 Å². The number of hydrogen-bond acceptors (Lipinski definition) is 4. The minimum atomic E-state index is -5.24. The third-order valence-electron chi connectivity index (χ3n) is 7.45. The molecule has 2 aromatic rings. The Labute approximate surface area is 217 Å². The number of rotatable bonds is 5. The quantitative estimate of drug-likeness (QED) is 0.510. The lowest BCUT2D eigenvalue weighted by Gasteiger charge is -2.46. The highest BCUT2D eigenvalue weighted by Crippen LogP contribution is 2.58. The molecule has 4 aliphatic rings. The Morgan fingerprint density at radius 2 is 1.82 bits per heavy atom. The second-order valence-electron chi connectivity index (χ2n) is 9.81. The monoisotopic (exact) mass is 529 g/mol. The zero-order valence-electron chi connectivity index (χ0n) is 20.8. The van der Waals surface area contributed by atoms with Crippen LogP contribution in [-0.2, 0) is 4.79 Å². The van der Waals surface area contributed by atoms with Crippen LogP contribution in [0.4, 0.5) is 17.6 Å². The van der Waals surface area contributed by atoms with Gasteiger partial charge < -0.3 is 19.5 Å². The number of amides is 1. The zero-order valence-corrected chi connectivity index (χ0v) is 20.8. The van der Waals surface area contributed by atoms with Crippen LogP contribution in [-0.4, -0.2) is 53.1 Å². The summed E-state index contributed by atoms with van der Waals surface area (Å²) < 4.78 is 68.8. The number of carbonyl (C=O) groups is 1. The maximum absolute atomic E-state index is 15.8. The number of methoxy groups -OCH3 is 1.